The van der Waals surface area contributed by atoms with Crippen molar-refractivity contribution >= 4 is 27.1 Å². The van der Waals surface area contributed by atoms with E-state index in [2.05, 4.69) is 10.2 Å². The van der Waals surface area contributed by atoms with Crippen molar-refractivity contribution in [1.82, 2.24) is 8.87 Å². The number of pyridine rings is 1. The number of aliphatic hydroxyl groups is 2. The third-order valence-corrected chi connectivity index (χ3v) is 6.83. The number of nitrogens with two attached hydrogens (primary N) is 1. The predicted molar refractivity (Wildman–Crippen MR) is 122 cm³/mol. The fourth-order valence-corrected chi connectivity index (χ4v) is 4.41. The number of rotatable bonds is 12. The van der Waals surface area contributed by atoms with Crippen molar-refractivity contribution in [3.63, 3.8) is 0 Å². The molecule has 5 N–H and O–H groups in total. The zero-order valence-corrected chi connectivity index (χ0v) is 19.3. The minimum atomic E-state index is -3.76. The van der Waals surface area contributed by atoms with Gasteiger partial charge in [-0.3, -0.25) is 9.36 Å². The van der Waals surface area contributed by atoms with Crippen LogP contribution < -0.4 is 11.3 Å². The minimum Gasteiger partial charge on any atom is -0.493 e. The number of likely N-dealkylation sites (N-methyl/N-ethyl adjacent to an activating group) is 1. The summed E-state index contributed by atoms with van der Waals surface area (Å²) in [6.07, 6.45) is 0. The van der Waals surface area contributed by atoms with Gasteiger partial charge in [0.25, 0.3) is 5.56 Å². The Morgan fingerprint density at radius 3 is 2.36 bits per heavy atom. The molecule has 0 aliphatic rings. The van der Waals surface area contributed by atoms with Crippen molar-refractivity contribution < 1.29 is 28.5 Å². The maximum atomic E-state index is 12.8. The van der Waals surface area contributed by atoms with Crippen LogP contribution in [-0.2, 0) is 21.3 Å². The highest BCUT2D eigenvalue weighted by Gasteiger charge is 2.22. The number of benzene rings is 1. The van der Waals surface area contributed by atoms with Gasteiger partial charge in [-0.25, -0.2) is 8.42 Å². The molecule has 0 saturated carbocycles. The standard InChI is InChI=1S/C20H29N5O7S/c1-3-24(8-10-26)33(30,31)16-6-4-15(5-7-16)22-23-18-14(2)17(21)19(28)25(20(18)29)9-12-32-13-11-27/h4-7,26-28H,3,8-13,21H2,1-2H3. The molecule has 182 valence electrons. The third-order valence-electron chi connectivity index (χ3n) is 4.84. The average molecular weight is 484 g/mol. The molecule has 0 radical (unpaired) electrons. The van der Waals surface area contributed by atoms with Crippen molar-refractivity contribution in [2.45, 2.75) is 25.3 Å². The topological polar surface area (TPSA) is 180 Å². The summed E-state index contributed by atoms with van der Waals surface area (Å²) in [5.74, 6) is -0.415. The second kappa shape index (κ2) is 11.9. The van der Waals surface area contributed by atoms with Crippen LogP contribution in [0.1, 0.15) is 12.5 Å². The van der Waals surface area contributed by atoms with Crippen LogP contribution in [0.5, 0.6) is 5.88 Å². The molecule has 33 heavy (non-hydrogen) atoms. The number of nitrogens with zero attached hydrogens (tertiary/aromatic N) is 4. The van der Waals surface area contributed by atoms with Gasteiger partial charge in [-0.2, -0.15) is 9.42 Å². The first-order valence-electron chi connectivity index (χ1n) is 10.2. The summed E-state index contributed by atoms with van der Waals surface area (Å²) in [5.41, 5.74) is 5.71. The van der Waals surface area contributed by atoms with Crippen molar-refractivity contribution in [3.8, 4) is 5.88 Å². The zero-order valence-electron chi connectivity index (χ0n) is 18.5. The second-order valence-corrected chi connectivity index (χ2v) is 8.86. The number of aliphatic hydroxyl groups excluding tert-OH is 2. The molecule has 0 saturated heterocycles. The number of azo groups is 1. The lowest BCUT2D eigenvalue weighted by molar-refractivity contribution is 0.0854. The molecule has 2 aromatic rings. The van der Waals surface area contributed by atoms with Crippen LogP contribution in [-0.4, -0.2) is 72.1 Å². The molecule has 1 heterocycles. The van der Waals surface area contributed by atoms with Gasteiger partial charge in [0.2, 0.25) is 15.9 Å². The Bertz CT molecular complexity index is 1130. The molecule has 0 aliphatic heterocycles. The number of aromatic hydroxyl groups is 1. The fraction of sp³-hybridized carbons (Fsp3) is 0.450. The summed E-state index contributed by atoms with van der Waals surface area (Å²) in [6.45, 7) is 3.07. The molecule has 1 aromatic heterocycles. The van der Waals surface area contributed by atoms with E-state index in [9.17, 15) is 18.3 Å². The van der Waals surface area contributed by atoms with Crippen LogP contribution in [0.2, 0.25) is 0 Å². The van der Waals surface area contributed by atoms with Crippen LogP contribution in [0.15, 0.2) is 44.2 Å². The number of aromatic nitrogens is 1. The van der Waals surface area contributed by atoms with Gasteiger partial charge >= 0.3 is 0 Å². The largest absolute Gasteiger partial charge is 0.493 e. The lowest BCUT2D eigenvalue weighted by Crippen LogP contribution is -2.33. The third kappa shape index (κ3) is 6.15. The number of hydrogen-bond donors (Lipinski definition) is 4. The number of hydrogen-bond acceptors (Lipinski definition) is 10. The van der Waals surface area contributed by atoms with Crippen molar-refractivity contribution in [1.29, 1.82) is 0 Å². The minimum absolute atomic E-state index is 0.00794. The maximum absolute atomic E-state index is 12.8. The van der Waals surface area contributed by atoms with E-state index >= 15 is 0 Å². The summed E-state index contributed by atoms with van der Waals surface area (Å²) in [7, 11) is -3.76. The monoisotopic (exact) mass is 483 g/mol. The molecule has 0 fully saturated rings. The summed E-state index contributed by atoms with van der Waals surface area (Å²) >= 11 is 0. The molecule has 0 aliphatic carbocycles. The van der Waals surface area contributed by atoms with Gasteiger partial charge in [0.15, 0.2) is 5.69 Å². The normalized spacial score (nSPS) is 12.2. The molecule has 0 bridgehead atoms. The van der Waals surface area contributed by atoms with Gasteiger partial charge in [0.05, 0.1) is 49.2 Å². The van der Waals surface area contributed by atoms with Crippen molar-refractivity contribution in [2.24, 2.45) is 10.2 Å². The van der Waals surface area contributed by atoms with Crippen LogP contribution in [0, 0.1) is 6.92 Å². The maximum Gasteiger partial charge on any atom is 0.281 e. The van der Waals surface area contributed by atoms with Gasteiger partial charge in [-0.1, -0.05) is 6.92 Å². The Hall–Kier alpha value is -2.84. The van der Waals surface area contributed by atoms with Crippen LogP contribution in [0.25, 0.3) is 0 Å². The highest BCUT2D eigenvalue weighted by atomic mass is 32.2. The Morgan fingerprint density at radius 2 is 1.79 bits per heavy atom. The fourth-order valence-electron chi connectivity index (χ4n) is 2.97. The van der Waals surface area contributed by atoms with Crippen LogP contribution in [0.3, 0.4) is 0 Å². The smallest absolute Gasteiger partial charge is 0.281 e. The molecule has 12 nitrogen and oxygen atoms in total. The van der Waals surface area contributed by atoms with Gasteiger partial charge in [-0.05, 0) is 31.2 Å². The number of anilines is 1. The molecule has 2 rings (SSSR count). The van der Waals surface area contributed by atoms with E-state index < -0.39 is 21.5 Å². The Labute approximate surface area is 191 Å². The van der Waals surface area contributed by atoms with Gasteiger partial charge in [0.1, 0.15) is 0 Å². The van der Waals surface area contributed by atoms with E-state index in [1.165, 1.54) is 31.2 Å². The number of sulfonamides is 1. The van der Waals surface area contributed by atoms with Crippen molar-refractivity contribution in [2.75, 3.05) is 45.3 Å². The van der Waals surface area contributed by atoms with E-state index in [1.54, 1.807) is 6.92 Å². The SMILES string of the molecule is CCN(CCO)S(=O)(=O)c1ccc(N=Nc2c(C)c(N)c(O)n(CCOCCO)c2=O)cc1. The predicted octanol–water partition coefficient (Wildman–Crippen LogP) is 0.872. The molecular formula is C20H29N5O7S. The molecule has 0 unspecified atom stereocenters. The highest BCUT2D eigenvalue weighted by molar-refractivity contribution is 7.89. The Kier molecular flexibility index (Phi) is 9.49. The lowest BCUT2D eigenvalue weighted by atomic mass is 10.2. The van der Waals surface area contributed by atoms with Crippen LogP contribution >= 0.6 is 0 Å². The highest BCUT2D eigenvalue weighted by Crippen LogP contribution is 2.29. The van der Waals surface area contributed by atoms with Gasteiger partial charge in [0, 0.05) is 18.7 Å². The molecule has 0 spiro atoms. The molecule has 1 aromatic carbocycles. The molecular weight excluding hydrogens is 454 g/mol. The molecule has 13 heteroatoms. The summed E-state index contributed by atoms with van der Waals surface area (Å²) < 4.78 is 32.5. The quantitative estimate of drug-likeness (QED) is 0.253. The van der Waals surface area contributed by atoms with E-state index in [4.69, 9.17) is 20.7 Å². The zero-order chi connectivity index (χ0) is 24.6. The molecule has 0 amide bonds. The Balaban J connectivity index is 2.32. The first kappa shape index (κ1) is 26.4. The van der Waals surface area contributed by atoms with Crippen LogP contribution in [0.4, 0.5) is 17.1 Å². The molecule has 0 atom stereocenters. The van der Waals surface area contributed by atoms with E-state index in [-0.39, 0.29) is 67.9 Å². The average Bonchev–Trinajstić information content (AvgIpc) is 2.80. The first-order chi connectivity index (χ1) is 15.7. The van der Waals surface area contributed by atoms with Crippen molar-refractivity contribution in [3.05, 3.63) is 40.2 Å². The van der Waals surface area contributed by atoms with E-state index in [1.807, 2.05) is 0 Å². The van der Waals surface area contributed by atoms with Gasteiger partial charge < -0.3 is 25.8 Å². The summed E-state index contributed by atoms with van der Waals surface area (Å²) in [4.78, 5) is 12.8. The summed E-state index contributed by atoms with van der Waals surface area (Å²) in [5, 5.41) is 36.0. The second-order valence-electron chi connectivity index (χ2n) is 6.92. The lowest BCUT2D eigenvalue weighted by Gasteiger charge is -2.19. The van der Waals surface area contributed by atoms with E-state index in [0.29, 0.717) is 5.69 Å². The first-order valence-corrected chi connectivity index (χ1v) is 11.7. The summed E-state index contributed by atoms with van der Waals surface area (Å²) in [6, 6.07) is 5.59. The van der Waals surface area contributed by atoms with Gasteiger partial charge in [-0.15, -0.1) is 5.11 Å². The Morgan fingerprint density at radius 1 is 1.12 bits per heavy atom. The number of ether oxygens (including phenoxy) is 1. The number of nitrogen functional groups attached to an aromatic ring is 1. The van der Waals surface area contributed by atoms with E-state index in [0.717, 1.165) is 8.87 Å².